The first-order chi connectivity index (χ1) is 11.6. The summed E-state index contributed by atoms with van der Waals surface area (Å²) in [5.74, 6) is 0.891. The Morgan fingerprint density at radius 1 is 1.04 bits per heavy atom. The Hall–Kier alpha value is -2.33. The second-order valence-electron chi connectivity index (χ2n) is 6.47. The van der Waals surface area contributed by atoms with E-state index in [4.69, 9.17) is 4.74 Å². The summed E-state index contributed by atoms with van der Waals surface area (Å²) in [5, 5.41) is 3.05. The fourth-order valence-electron chi connectivity index (χ4n) is 3.29. The van der Waals surface area contributed by atoms with E-state index in [1.54, 1.807) is 0 Å². The molecule has 0 unspecified atom stereocenters. The second kappa shape index (κ2) is 7.05. The highest BCUT2D eigenvalue weighted by Gasteiger charge is 2.45. The number of rotatable bonds is 6. The lowest BCUT2D eigenvalue weighted by atomic mass is 9.93. The summed E-state index contributed by atoms with van der Waals surface area (Å²) >= 11 is 0. The Bertz CT molecular complexity index is 673. The second-order valence-corrected chi connectivity index (χ2v) is 6.47. The molecule has 3 rings (SSSR count). The molecule has 0 aromatic heterocycles. The number of likely N-dealkylation sites (N-methyl/N-ethyl adjacent to an activating group) is 1. The van der Waals surface area contributed by atoms with Crippen LogP contribution in [0.15, 0.2) is 54.6 Å². The minimum Gasteiger partial charge on any atom is -0.492 e. The first kappa shape index (κ1) is 16.5. The van der Waals surface area contributed by atoms with Gasteiger partial charge >= 0.3 is 0 Å². The van der Waals surface area contributed by atoms with Crippen LogP contribution < -0.4 is 10.1 Å². The van der Waals surface area contributed by atoms with Gasteiger partial charge in [0.05, 0.1) is 6.54 Å². The highest BCUT2D eigenvalue weighted by atomic mass is 16.5. The molecule has 0 radical (unpaired) electrons. The number of hydrogen-bond donors (Lipinski definition) is 1. The highest BCUT2D eigenvalue weighted by Crippen LogP contribution is 2.33. The van der Waals surface area contributed by atoms with E-state index < -0.39 is 5.54 Å². The van der Waals surface area contributed by atoms with Gasteiger partial charge in [0.2, 0.25) is 5.91 Å². The number of nitrogens with zero attached hydrogens (tertiary/aromatic N) is 1. The van der Waals surface area contributed by atoms with Crippen molar-refractivity contribution >= 4 is 5.91 Å². The summed E-state index contributed by atoms with van der Waals surface area (Å²) in [7, 11) is 3.96. The largest absolute Gasteiger partial charge is 0.492 e. The number of ether oxygens (including phenoxy) is 1. The summed E-state index contributed by atoms with van der Waals surface area (Å²) in [5.41, 5.74) is 2.03. The number of fused-ring (bicyclic) bond motifs is 1. The van der Waals surface area contributed by atoms with Crippen molar-refractivity contribution in [3.63, 3.8) is 0 Å². The third-order valence-electron chi connectivity index (χ3n) is 4.76. The van der Waals surface area contributed by atoms with Crippen LogP contribution in [0, 0.1) is 0 Å². The number of benzene rings is 2. The maximum absolute atomic E-state index is 12.9. The predicted octanol–water partition coefficient (Wildman–Crippen LogP) is 2.28. The molecule has 126 valence electrons. The standard InChI is InChI=1S/C20H24N2O2/c1-22(2)20(14-16-8-6-7-9-17(16)15-20)19(23)21-12-13-24-18-10-4-3-5-11-18/h3-11H,12-15H2,1-2H3,(H,21,23). The molecular formula is C20H24N2O2. The van der Waals surface area contributed by atoms with Gasteiger partial charge in [0.25, 0.3) is 0 Å². The smallest absolute Gasteiger partial charge is 0.241 e. The maximum Gasteiger partial charge on any atom is 0.241 e. The summed E-state index contributed by atoms with van der Waals surface area (Å²) < 4.78 is 5.65. The molecule has 1 N–H and O–H groups in total. The third-order valence-corrected chi connectivity index (χ3v) is 4.76. The quantitative estimate of drug-likeness (QED) is 0.829. The molecular weight excluding hydrogens is 300 g/mol. The molecule has 0 atom stereocenters. The molecule has 0 saturated carbocycles. The lowest BCUT2D eigenvalue weighted by Crippen LogP contribution is -2.57. The number of carbonyl (C=O) groups is 1. The van der Waals surface area contributed by atoms with Gasteiger partial charge in [-0.1, -0.05) is 42.5 Å². The van der Waals surface area contributed by atoms with Crippen molar-refractivity contribution in [3.8, 4) is 5.75 Å². The van der Waals surface area contributed by atoms with Gasteiger partial charge in [-0.05, 0) is 37.4 Å². The molecule has 0 bridgehead atoms. The molecule has 0 fully saturated rings. The van der Waals surface area contributed by atoms with Crippen molar-refractivity contribution in [1.82, 2.24) is 10.2 Å². The lowest BCUT2D eigenvalue weighted by molar-refractivity contribution is -0.131. The van der Waals surface area contributed by atoms with Crippen LogP contribution in [0.25, 0.3) is 0 Å². The molecule has 24 heavy (non-hydrogen) atoms. The van der Waals surface area contributed by atoms with Gasteiger partial charge in [-0.2, -0.15) is 0 Å². The Morgan fingerprint density at radius 2 is 1.62 bits per heavy atom. The summed E-state index contributed by atoms with van der Waals surface area (Å²) in [6, 6.07) is 18.0. The van der Waals surface area contributed by atoms with E-state index in [1.165, 1.54) is 11.1 Å². The molecule has 4 nitrogen and oxygen atoms in total. The van der Waals surface area contributed by atoms with Gasteiger partial charge < -0.3 is 10.1 Å². The zero-order valence-electron chi connectivity index (χ0n) is 14.3. The molecule has 0 aliphatic heterocycles. The van der Waals surface area contributed by atoms with Gasteiger partial charge in [-0.3, -0.25) is 9.69 Å². The highest BCUT2D eigenvalue weighted by molar-refractivity contribution is 5.88. The van der Waals surface area contributed by atoms with Crippen LogP contribution in [0.3, 0.4) is 0 Å². The van der Waals surface area contributed by atoms with E-state index in [2.05, 4.69) is 17.4 Å². The molecule has 1 aliphatic carbocycles. The fourth-order valence-corrected chi connectivity index (χ4v) is 3.29. The number of hydrogen-bond acceptors (Lipinski definition) is 3. The predicted molar refractivity (Wildman–Crippen MR) is 95.2 cm³/mol. The molecule has 1 amide bonds. The van der Waals surface area contributed by atoms with E-state index in [9.17, 15) is 4.79 Å². The van der Waals surface area contributed by atoms with Crippen LogP contribution in [0.2, 0.25) is 0 Å². The average molecular weight is 324 g/mol. The van der Waals surface area contributed by atoms with Crippen molar-refractivity contribution < 1.29 is 9.53 Å². The van der Waals surface area contributed by atoms with E-state index in [0.717, 1.165) is 18.6 Å². The van der Waals surface area contributed by atoms with Crippen molar-refractivity contribution in [2.75, 3.05) is 27.2 Å². The Balaban J connectivity index is 1.58. The average Bonchev–Trinajstić information content (AvgIpc) is 3.00. The monoisotopic (exact) mass is 324 g/mol. The number of para-hydroxylation sites is 1. The van der Waals surface area contributed by atoms with E-state index in [-0.39, 0.29) is 5.91 Å². The minimum atomic E-state index is -0.504. The first-order valence-electron chi connectivity index (χ1n) is 8.32. The first-order valence-corrected chi connectivity index (χ1v) is 8.32. The summed E-state index contributed by atoms with van der Waals surface area (Å²) in [4.78, 5) is 14.9. The van der Waals surface area contributed by atoms with Crippen LogP contribution >= 0.6 is 0 Å². The molecule has 1 aliphatic rings. The van der Waals surface area contributed by atoms with Gasteiger partial charge in [-0.15, -0.1) is 0 Å². The van der Waals surface area contributed by atoms with Gasteiger partial charge in [-0.25, -0.2) is 0 Å². The van der Waals surface area contributed by atoms with Crippen molar-refractivity contribution in [1.29, 1.82) is 0 Å². The number of amides is 1. The topological polar surface area (TPSA) is 41.6 Å². The SMILES string of the molecule is CN(C)C1(C(=O)NCCOc2ccccc2)Cc2ccccc2C1. The molecule has 0 heterocycles. The fraction of sp³-hybridized carbons (Fsp3) is 0.350. The number of carbonyl (C=O) groups excluding carboxylic acids is 1. The normalized spacial score (nSPS) is 15.1. The van der Waals surface area contributed by atoms with Gasteiger partial charge in [0, 0.05) is 12.8 Å². The lowest BCUT2D eigenvalue weighted by Gasteiger charge is -2.34. The van der Waals surface area contributed by atoms with Crippen LogP contribution in [-0.4, -0.2) is 43.6 Å². The van der Waals surface area contributed by atoms with Gasteiger partial charge in [0.1, 0.15) is 17.9 Å². The molecule has 0 spiro atoms. The maximum atomic E-state index is 12.9. The van der Waals surface area contributed by atoms with Crippen molar-refractivity contribution in [2.24, 2.45) is 0 Å². The molecule has 2 aromatic rings. The van der Waals surface area contributed by atoms with Crippen LogP contribution in [0.1, 0.15) is 11.1 Å². The Labute approximate surface area is 143 Å². The van der Waals surface area contributed by atoms with Crippen molar-refractivity contribution in [3.05, 3.63) is 65.7 Å². The number of nitrogens with one attached hydrogen (secondary N) is 1. The molecule has 0 saturated heterocycles. The van der Waals surface area contributed by atoms with Crippen LogP contribution in [0.4, 0.5) is 0 Å². The zero-order chi connectivity index (χ0) is 17.0. The van der Waals surface area contributed by atoms with E-state index >= 15 is 0 Å². The zero-order valence-corrected chi connectivity index (χ0v) is 14.3. The Morgan fingerprint density at radius 3 is 2.21 bits per heavy atom. The summed E-state index contributed by atoms with van der Waals surface area (Å²) in [6.45, 7) is 0.964. The summed E-state index contributed by atoms with van der Waals surface area (Å²) in [6.07, 6.45) is 1.50. The Kier molecular flexibility index (Phi) is 4.86. The van der Waals surface area contributed by atoms with E-state index in [0.29, 0.717) is 13.2 Å². The van der Waals surface area contributed by atoms with Gasteiger partial charge in [0.15, 0.2) is 0 Å². The van der Waals surface area contributed by atoms with E-state index in [1.807, 2.05) is 61.5 Å². The molecule has 4 heteroatoms. The van der Waals surface area contributed by atoms with Crippen LogP contribution in [-0.2, 0) is 17.6 Å². The minimum absolute atomic E-state index is 0.0698. The third kappa shape index (κ3) is 3.29. The van der Waals surface area contributed by atoms with Crippen LogP contribution in [0.5, 0.6) is 5.75 Å². The molecule has 2 aromatic carbocycles. The van der Waals surface area contributed by atoms with Crippen molar-refractivity contribution in [2.45, 2.75) is 18.4 Å².